The molecule has 0 heterocycles. The van der Waals surface area contributed by atoms with Crippen molar-refractivity contribution >= 4 is 11.9 Å². The fourth-order valence-electron chi connectivity index (χ4n) is 1.43. The molecule has 0 saturated heterocycles. The summed E-state index contributed by atoms with van der Waals surface area (Å²) < 4.78 is 0. The normalized spacial score (nSPS) is 14.2. The van der Waals surface area contributed by atoms with Crippen molar-refractivity contribution in [2.45, 2.75) is 45.6 Å². The van der Waals surface area contributed by atoms with Crippen molar-refractivity contribution < 1.29 is 19.8 Å². The van der Waals surface area contributed by atoms with Crippen molar-refractivity contribution in [1.82, 2.24) is 5.32 Å². The minimum atomic E-state index is -0.897. The number of amides is 1. The van der Waals surface area contributed by atoms with Crippen molar-refractivity contribution in [2.24, 2.45) is 5.92 Å². The second kappa shape index (κ2) is 8.10. The van der Waals surface area contributed by atoms with E-state index in [0.29, 0.717) is 6.42 Å². The number of hydrogen-bond donors (Lipinski definition) is 3. The summed E-state index contributed by atoms with van der Waals surface area (Å²) in [6.07, 6.45) is 1.19. The molecule has 2 atom stereocenters. The summed E-state index contributed by atoms with van der Waals surface area (Å²) in [5, 5.41) is 20.5. The number of carbonyl (C=O) groups is 2. The third kappa shape index (κ3) is 8.23. The summed E-state index contributed by atoms with van der Waals surface area (Å²) in [6.45, 7) is 3.92. The van der Waals surface area contributed by atoms with Crippen LogP contribution < -0.4 is 5.32 Å². The number of hydrogen-bond acceptors (Lipinski definition) is 3. The molecule has 0 aliphatic rings. The Balaban J connectivity index is 3.69. The van der Waals surface area contributed by atoms with Gasteiger partial charge in [-0.2, -0.15) is 0 Å². The standard InChI is InChI=1S/C11H21NO4/c1-3-4-9(13)7-12-10(14)5-8(2)6-11(15)16/h8-9,13H,3-7H2,1-2H3,(H,12,14)(H,15,16). The van der Waals surface area contributed by atoms with Crippen LogP contribution in [0.15, 0.2) is 0 Å². The summed E-state index contributed by atoms with van der Waals surface area (Å²) in [5.41, 5.74) is 0. The molecule has 3 N–H and O–H groups in total. The van der Waals surface area contributed by atoms with Gasteiger partial charge in [-0.3, -0.25) is 9.59 Å². The Morgan fingerprint density at radius 2 is 1.94 bits per heavy atom. The fourth-order valence-corrected chi connectivity index (χ4v) is 1.43. The Morgan fingerprint density at radius 3 is 2.44 bits per heavy atom. The highest BCUT2D eigenvalue weighted by Gasteiger charge is 2.13. The van der Waals surface area contributed by atoms with Crippen molar-refractivity contribution in [2.75, 3.05) is 6.54 Å². The molecule has 0 spiro atoms. The van der Waals surface area contributed by atoms with E-state index in [1.54, 1.807) is 6.92 Å². The molecule has 0 aromatic carbocycles. The molecular formula is C11H21NO4. The number of aliphatic hydroxyl groups is 1. The summed E-state index contributed by atoms with van der Waals surface area (Å²) in [5.74, 6) is -1.28. The van der Waals surface area contributed by atoms with Crippen molar-refractivity contribution in [3.8, 4) is 0 Å². The molecule has 5 heteroatoms. The molecule has 0 aromatic heterocycles. The molecule has 2 unspecified atom stereocenters. The van der Waals surface area contributed by atoms with Crippen molar-refractivity contribution in [1.29, 1.82) is 0 Å². The van der Waals surface area contributed by atoms with E-state index in [4.69, 9.17) is 5.11 Å². The van der Waals surface area contributed by atoms with Crippen LogP contribution in [-0.2, 0) is 9.59 Å². The molecule has 0 radical (unpaired) electrons. The topological polar surface area (TPSA) is 86.6 Å². The van der Waals surface area contributed by atoms with E-state index in [2.05, 4.69) is 5.32 Å². The van der Waals surface area contributed by atoms with Crippen LogP contribution in [0, 0.1) is 5.92 Å². The lowest BCUT2D eigenvalue weighted by atomic mass is 10.0. The van der Waals surface area contributed by atoms with Gasteiger partial charge >= 0.3 is 5.97 Å². The van der Waals surface area contributed by atoms with Crippen LogP contribution in [0.2, 0.25) is 0 Å². The third-order valence-corrected chi connectivity index (χ3v) is 2.21. The van der Waals surface area contributed by atoms with E-state index in [1.165, 1.54) is 0 Å². The number of aliphatic carboxylic acids is 1. The van der Waals surface area contributed by atoms with Gasteiger partial charge in [-0.1, -0.05) is 20.3 Å². The summed E-state index contributed by atoms with van der Waals surface area (Å²) in [7, 11) is 0. The molecule has 5 nitrogen and oxygen atoms in total. The minimum Gasteiger partial charge on any atom is -0.481 e. The van der Waals surface area contributed by atoms with Crippen LogP contribution in [0.1, 0.15) is 39.5 Å². The van der Waals surface area contributed by atoms with E-state index in [0.717, 1.165) is 6.42 Å². The van der Waals surface area contributed by atoms with Gasteiger partial charge in [-0.05, 0) is 12.3 Å². The Labute approximate surface area is 95.9 Å². The number of aliphatic hydroxyl groups excluding tert-OH is 1. The van der Waals surface area contributed by atoms with Crippen LogP contribution >= 0.6 is 0 Å². The smallest absolute Gasteiger partial charge is 0.303 e. The van der Waals surface area contributed by atoms with Crippen molar-refractivity contribution in [3.63, 3.8) is 0 Å². The first-order valence-corrected chi connectivity index (χ1v) is 5.62. The quantitative estimate of drug-likeness (QED) is 0.575. The predicted molar refractivity (Wildman–Crippen MR) is 60.0 cm³/mol. The maximum atomic E-state index is 11.3. The fraction of sp³-hybridized carbons (Fsp3) is 0.818. The zero-order chi connectivity index (χ0) is 12.6. The van der Waals surface area contributed by atoms with E-state index < -0.39 is 12.1 Å². The van der Waals surface area contributed by atoms with Gasteiger partial charge in [0.1, 0.15) is 0 Å². The van der Waals surface area contributed by atoms with Gasteiger partial charge in [0.25, 0.3) is 0 Å². The monoisotopic (exact) mass is 231 g/mol. The molecule has 0 aliphatic carbocycles. The number of carboxylic acid groups (broad SMARTS) is 1. The Kier molecular flexibility index (Phi) is 7.54. The molecule has 16 heavy (non-hydrogen) atoms. The number of carboxylic acids is 1. The van der Waals surface area contributed by atoms with E-state index >= 15 is 0 Å². The minimum absolute atomic E-state index is 0.00899. The molecule has 0 aliphatic heterocycles. The zero-order valence-electron chi connectivity index (χ0n) is 9.90. The largest absolute Gasteiger partial charge is 0.481 e. The van der Waals surface area contributed by atoms with Crippen LogP contribution in [0.25, 0.3) is 0 Å². The van der Waals surface area contributed by atoms with E-state index in [-0.39, 0.29) is 31.2 Å². The lowest BCUT2D eigenvalue weighted by Gasteiger charge is -2.12. The van der Waals surface area contributed by atoms with E-state index in [1.807, 2.05) is 6.92 Å². The Hall–Kier alpha value is -1.10. The first-order valence-electron chi connectivity index (χ1n) is 5.62. The SMILES string of the molecule is CCCC(O)CNC(=O)CC(C)CC(=O)O. The van der Waals surface area contributed by atoms with Crippen LogP contribution in [0.3, 0.4) is 0 Å². The first-order chi connectivity index (χ1) is 7.45. The lowest BCUT2D eigenvalue weighted by Crippen LogP contribution is -2.33. The van der Waals surface area contributed by atoms with Gasteiger partial charge in [-0.25, -0.2) is 0 Å². The van der Waals surface area contributed by atoms with Gasteiger partial charge in [-0.15, -0.1) is 0 Å². The maximum Gasteiger partial charge on any atom is 0.303 e. The summed E-state index contributed by atoms with van der Waals surface area (Å²) in [4.78, 5) is 21.7. The highest BCUT2D eigenvalue weighted by atomic mass is 16.4. The second-order valence-corrected chi connectivity index (χ2v) is 4.15. The average Bonchev–Trinajstić information content (AvgIpc) is 2.13. The van der Waals surface area contributed by atoms with Gasteiger partial charge in [0.15, 0.2) is 0 Å². The molecule has 1 amide bonds. The Morgan fingerprint density at radius 1 is 1.31 bits per heavy atom. The number of rotatable bonds is 8. The third-order valence-electron chi connectivity index (χ3n) is 2.21. The van der Waals surface area contributed by atoms with Gasteiger partial charge < -0.3 is 15.5 Å². The Bertz CT molecular complexity index is 230. The summed E-state index contributed by atoms with van der Waals surface area (Å²) in [6, 6.07) is 0. The molecule has 0 bridgehead atoms. The highest BCUT2D eigenvalue weighted by molar-refractivity contribution is 5.77. The highest BCUT2D eigenvalue weighted by Crippen LogP contribution is 2.06. The number of carbonyl (C=O) groups excluding carboxylic acids is 1. The molecule has 94 valence electrons. The molecule has 0 aromatic rings. The molecule has 0 saturated carbocycles. The average molecular weight is 231 g/mol. The molecular weight excluding hydrogens is 210 g/mol. The molecule has 0 fully saturated rings. The number of nitrogens with one attached hydrogen (secondary N) is 1. The van der Waals surface area contributed by atoms with Gasteiger partial charge in [0.05, 0.1) is 6.10 Å². The summed E-state index contributed by atoms with van der Waals surface area (Å²) >= 11 is 0. The van der Waals surface area contributed by atoms with Crippen LogP contribution in [0.5, 0.6) is 0 Å². The predicted octanol–water partition coefficient (Wildman–Crippen LogP) is 0.764. The van der Waals surface area contributed by atoms with Crippen LogP contribution in [0.4, 0.5) is 0 Å². The molecule has 0 rings (SSSR count). The second-order valence-electron chi connectivity index (χ2n) is 4.15. The van der Waals surface area contributed by atoms with Gasteiger partial charge in [0, 0.05) is 19.4 Å². The lowest BCUT2D eigenvalue weighted by molar-refractivity contribution is -0.138. The van der Waals surface area contributed by atoms with Crippen LogP contribution in [-0.4, -0.2) is 34.7 Å². The van der Waals surface area contributed by atoms with Crippen molar-refractivity contribution in [3.05, 3.63) is 0 Å². The van der Waals surface area contributed by atoms with E-state index in [9.17, 15) is 14.7 Å². The zero-order valence-corrected chi connectivity index (χ0v) is 9.90. The maximum absolute atomic E-state index is 11.3. The van der Waals surface area contributed by atoms with Gasteiger partial charge in [0.2, 0.25) is 5.91 Å². The first kappa shape index (κ1) is 14.9.